The van der Waals surface area contributed by atoms with Crippen molar-refractivity contribution < 1.29 is 14.0 Å². The molecule has 10 heteroatoms. The highest BCUT2D eigenvalue weighted by Gasteiger charge is 2.29. The highest BCUT2D eigenvalue weighted by molar-refractivity contribution is 5.98. The van der Waals surface area contributed by atoms with Crippen LogP contribution in [0.2, 0.25) is 0 Å². The first-order chi connectivity index (χ1) is 15.0. The molecule has 0 aliphatic carbocycles. The number of oxazole rings is 1. The zero-order valence-electron chi connectivity index (χ0n) is 17.3. The van der Waals surface area contributed by atoms with Gasteiger partial charge in [0.2, 0.25) is 11.8 Å². The summed E-state index contributed by atoms with van der Waals surface area (Å²) in [5, 5.41) is 15.8. The van der Waals surface area contributed by atoms with Crippen molar-refractivity contribution in [2.24, 2.45) is 5.92 Å². The number of piperidine rings is 1. The van der Waals surface area contributed by atoms with Crippen LogP contribution in [0.4, 0.5) is 5.69 Å². The lowest BCUT2D eigenvalue weighted by atomic mass is 9.95. The number of carbonyl (C=O) groups is 2. The molecule has 4 rings (SSSR count). The average molecular weight is 421 g/mol. The second kappa shape index (κ2) is 8.47. The zero-order valence-corrected chi connectivity index (χ0v) is 17.3. The summed E-state index contributed by atoms with van der Waals surface area (Å²) in [7, 11) is 1.53. The minimum Gasteiger partial charge on any atom is -0.443 e. The van der Waals surface area contributed by atoms with Gasteiger partial charge in [-0.15, -0.1) is 0 Å². The van der Waals surface area contributed by atoms with Crippen molar-refractivity contribution in [2.45, 2.75) is 25.8 Å². The van der Waals surface area contributed by atoms with Crippen LogP contribution in [0.25, 0.3) is 22.5 Å². The smallest absolute Gasteiger partial charge is 0.272 e. The largest absolute Gasteiger partial charge is 0.443 e. The maximum absolute atomic E-state index is 12.3. The second-order valence-electron chi connectivity index (χ2n) is 7.72. The van der Waals surface area contributed by atoms with E-state index in [-0.39, 0.29) is 41.8 Å². The van der Waals surface area contributed by atoms with Gasteiger partial charge in [-0.1, -0.05) is 6.92 Å². The predicted molar refractivity (Wildman–Crippen MR) is 113 cm³/mol. The zero-order chi connectivity index (χ0) is 22.0. The number of aromatic amines is 1. The van der Waals surface area contributed by atoms with Gasteiger partial charge in [0.15, 0.2) is 5.69 Å². The van der Waals surface area contributed by atoms with Crippen molar-refractivity contribution >= 4 is 28.5 Å². The van der Waals surface area contributed by atoms with Crippen molar-refractivity contribution in [1.82, 2.24) is 25.2 Å². The van der Waals surface area contributed by atoms with Gasteiger partial charge in [0.1, 0.15) is 18.3 Å². The van der Waals surface area contributed by atoms with E-state index in [9.17, 15) is 9.59 Å². The van der Waals surface area contributed by atoms with Gasteiger partial charge >= 0.3 is 0 Å². The van der Waals surface area contributed by atoms with E-state index in [1.54, 1.807) is 17.3 Å². The van der Waals surface area contributed by atoms with Gasteiger partial charge in [-0.3, -0.25) is 9.59 Å². The maximum atomic E-state index is 12.3. The van der Waals surface area contributed by atoms with Crippen molar-refractivity contribution in [1.29, 1.82) is 5.26 Å². The number of fused-ring (bicyclic) bond motifs is 1. The number of amides is 2. The third-order valence-corrected chi connectivity index (χ3v) is 5.37. The molecule has 0 radical (unpaired) electrons. The first-order valence-electron chi connectivity index (χ1n) is 10.1. The number of rotatable bonds is 5. The molecular weight excluding hydrogens is 398 g/mol. The van der Waals surface area contributed by atoms with Crippen LogP contribution >= 0.6 is 0 Å². The number of nitriles is 1. The van der Waals surface area contributed by atoms with Gasteiger partial charge in [0.25, 0.3) is 5.91 Å². The van der Waals surface area contributed by atoms with Gasteiger partial charge in [-0.25, -0.2) is 9.97 Å². The van der Waals surface area contributed by atoms with Crippen LogP contribution < -0.4 is 10.6 Å². The predicted octanol–water partition coefficient (Wildman–Crippen LogP) is 2.14. The van der Waals surface area contributed by atoms with Crippen molar-refractivity contribution in [3.63, 3.8) is 0 Å². The normalized spacial score (nSPS) is 18.5. The van der Waals surface area contributed by atoms with E-state index in [0.717, 1.165) is 17.5 Å². The summed E-state index contributed by atoms with van der Waals surface area (Å²) in [6.45, 7) is 3.22. The molecule has 3 aromatic rings. The molecule has 1 saturated heterocycles. The highest BCUT2D eigenvalue weighted by Crippen LogP contribution is 2.34. The Hall–Kier alpha value is -3.87. The number of hydrogen-bond acceptors (Lipinski definition) is 7. The topological polar surface area (TPSA) is 140 Å². The average Bonchev–Trinajstić information content (AvgIpc) is 3.43. The lowest BCUT2D eigenvalue weighted by molar-refractivity contribution is -0.132. The fourth-order valence-electron chi connectivity index (χ4n) is 4.00. The number of nitrogens with one attached hydrogen (secondary N) is 3. The molecular formula is C21H23N7O3. The van der Waals surface area contributed by atoms with Crippen LogP contribution in [0, 0.1) is 17.2 Å². The van der Waals surface area contributed by atoms with Crippen molar-refractivity contribution in [3.05, 3.63) is 30.4 Å². The summed E-state index contributed by atoms with van der Waals surface area (Å²) in [5.74, 6) is 0.0546. The Kier molecular flexibility index (Phi) is 5.58. The fourth-order valence-corrected chi connectivity index (χ4v) is 4.00. The van der Waals surface area contributed by atoms with E-state index < -0.39 is 0 Å². The van der Waals surface area contributed by atoms with Gasteiger partial charge in [-0.05, 0) is 18.4 Å². The fraction of sp³-hybridized carbons (Fsp3) is 0.381. The summed E-state index contributed by atoms with van der Waals surface area (Å²) in [4.78, 5) is 37.8. The molecule has 10 nitrogen and oxygen atoms in total. The summed E-state index contributed by atoms with van der Waals surface area (Å²) < 4.78 is 5.58. The first kappa shape index (κ1) is 20.4. The van der Waals surface area contributed by atoms with Gasteiger partial charge in [0, 0.05) is 44.0 Å². The molecule has 2 atom stereocenters. The molecule has 2 amide bonds. The van der Waals surface area contributed by atoms with Crippen molar-refractivity contribution in [3.8, 4) is 17.5 Å². The third-order valence-electron chi connectivity index (χ3n) is 5.37. The van der Waals surface area contributed by atoms with E-state index in [4.69, 9.17) is 9.68 Å². The molecule has 1 aliphatic heterocycles. The van der Waals surface area contributed by atoms with Gasteiger partial charge in [0.05, 0.1) is 17.3 Å². The van der Waals surface area contributed by atoms with Crippen LogP contribution in [0.3, 0.4) is 0 Å². The number of likely N-dealkylation sites (tertiary alicyclic amines) is 1. The summed E-state index contributed by atoms with van der Waals surface area (Å²) in [6.07, 6.45) is 5.49. The minimum absolute atomic E-state index is 0.0287. The molecule has 4 heterocycles. The van der Waals surface area contributed by atoms with Gasteiger partial charge in [-0.2, -0.15) is 5.26 Å². The molecule has 1 fully saturated rings. The molecule has 2 unspecified atom stereocenters. The number of H-pyrrole nitrogens is 1. The third kappa shape index (κ3) is 4.07. The Morgan fingerprint density at radius 3 is 3.03 bits per heavy atom. The van der Waals surface area contributed by atoms with E-state index in [0.29, 0.717) is 24.3 Å². The lowest BCUT2D eigenvalue weighted by Crippen LogP contribution is -2.48. The number of nitrogens with zero attached hydrogens (tertiary/aromatic N) is 4. The Morgan fingerprint density at radius 1 is 1.42 bits per heavy atom. The monoisotopic (exact) mass is 421 g/mol. The van der Waals surface area contributed by atoms with Crippen LogP contribution in [0.1, 0.15) is 30.3 Å². The number of carbonyl (C=O) groups excluding carboxylic acids is 2. The Bertz CT molecular complexity index is 1160. The summed E-state index contributed by atoms with van der Waals surface area (Å²) >= 11 is 0. The standard InChI is InChI=1S/C21H23N7O3/c1-12-7-13(10-28(9-12)17(29)3-5-22)26-18-14-4-6-24-19(14)25-8-15(18)21-27-16(11-31-21)20(30)23-2/h4,6,8,11-13H,3,7,9-10H2,1-2H3,(H,23,30)(H2,24,25,26). The van der Waals surface area contributed by atoms with E-state index in [2.05, 4.69) is 32.5 Å². The molecule has 3 aromatic heterocycles. The van der Waals surface area contributed by atoms with E-state index in [1.165, 1.54) is 13.3 Å². The van der Waals surface area contributed by atoms with Crippen molar-refractivity contribution in [2.75, 3.05) is 25.5 Å². The molecule has 3 N–H and O–H groups in total. The first-order valence-corrected chi connectivity index (χ1v) is 10.1. The number of anilines is 1. The molecule has 160 valence electrons. The molecule has 31 heavy (non-hydrogen) atoms. The number of pyridine rings is 1. The Balaban J connectivity index is 1.68. The lowest BCUT2D eigenvalue weighted by Gasteiger charge is -2.37. The molecule has 0 aromatic carbocycles. The molecule has 1 aliphatic rings. The highest BCUT2D eigenvalue weighted by atomic mass is 16.3. The number of hydrogen-bond donors (Lipinski definition) is 3. The summed E-state index contributed by atoms with van der Waals surface area (Å²) in [5.41, 5.74) is 2.27. The van der Waals surface area contributed by atoms with Crippen LogP contribution in [-0.2, 0) is 4.79 Å². The Labute approximate surface area is 178 Å². The maximum Gasteiger partial charge on any atom is 0.272 e. The SMILES string of the molecule is CNC(=O)c1coc(-c2cnc3[nH]ccc3c2NC2CC(C)CN(C(=O)CC#N)C2)n1. The van der Waals surface area contributed by atoms with E-state index in [1.807, 2.05) is 12.1 Å². The second-order valence-corrected chi connectivity index (χ2v) is 7.72. The Morgan fingerprint density at radius 2 is 2.26 bits per heavy atom. The quantitative estimate of drug-likeness (QED) is 0.573. The van der Waals surface area contributed by atoms with Crippen LogP contribution in [0.5, 0.6) is 0 Å². The molecule has 0 saturated carbocycles. The molecule has 0 spiro atoms. The molecule has 0 bridgehead atoms. The minimum atomic E-state index is -0.340. The summed E-state index contributed by atoms with van der Waals surface area (Å²) in [6, 6.07) is 3.81. The van der Waals surface area contributed by atoms with Gasteiger partial charge < -0.3 is 24.9 Å². The van der Waals surface area contributed by atoms with Crippen LogP contribution in [0.15, 0.2) is 29.1 Å². The number of aromatic nitrogens is 3. The van der Waals surface area contributed by atoms with E-state index >= 15 is 0 Å². The van der Waals surface area contributed by atoms with Crippen LogP contribution in [-0.4, -0.2) is 57.8 Å².